The molecular weight excluding hydrogens is 392 g/mol. The van der Waals surface area contributed by atoms with Gasteiger partial charge in [0.2, 0.25) is 0 Å². The number of thioether (sulfide) groups is 1. The van der Waals surface area contributed by atoms with E-state index < -0.39 is 5.44 Å². The van der Waals surface area contributed by atoms with Gasteiger partial charge in [0.1, 0.15) is 5.52 Å². The lowest BCUT2D eigenvalue weighted by Crippen LogP contribution is -2.43. The van der Waals surface area contributed by atoms with Crippen molar-refractivity contribution in [2.24, 2.45) is 0 Å². The molecule has 0 aliphatic heterocycles. The lowest BCUT2D eigenvalue weighted by Gasteiger charge is -2.30. The lowest BCUT2D eigenvalue weighted by atomic mass is 10.2. The summed E-state index contributed by atoms with van der Waals surface area (Å²) in [6.45, 7) is 14.6. The van der Waals surface area contributed by atoms with E-state index in [1.165, 1.54) is 11.8 Å². The number of amides is 1. The zero-order valence-electron chi connectivity index (χ0n) is 18.3. The first kappa shape index (κ1) is 23.3. The quantitative estimate of drug-likeness (QED) is 0.374. The molecule has 0 saturated heterocycles. The Morgan fingerprint density at radius 3 is 2.45 bits per heavy atom. The number of H-pyrrole nitrogens is 1. The highest BCUT2D eigenvalue weighted by Crippen LogP contribution is 2.25. The van der Waals surface area contributed by atoms with Gasteiger partial charge in [-0.1, -0.05) is 0 Å². The predicted molar refractivity (Wildman–Crippen MR) is 115 cm³/mol. The molecule has 0 spiro atoms. The van der Waals surface area contributed by atoms with Crippen LogP contribution in [0.2, 0.25) is 0 Å². The van der Waals surface area contributed by atoms with Crippen LogP contribution in [0.25, 0.3) is 11.0 Å². The van der Waals surface area contributed by atoms with Crippen molar-refractivity contribution in [2.45, 2.75) is 83.8 Å². The van der Waals surface area contributed by atoms with Gasteiger partial charge >= 0.3 is 6.09 Å². The third-order valence-corrected chi connectivity index (χ3v) is 5.24. The molecular formula is C20H32N4O4S. The lowest BCUT2D eigenvalue weighted by molar-refractivity contribution is 0.0710. The van der Waals surface area contributed by atoms with Gasteiger partial charge in [-0.3, -0.25) is 4.79 Å². The first-order valence-corrected chi connectivity index (χ1v) is 10.8. The number of aromatic nitrogens is 3. The van der Waals surface area contributed by atoms with Crippen LogP contribution >= 0.6 is 11.8 Å². The minimum Gasteiger partial charge on any atom is -0.435 e. The third-order valence-electron chi connectivity index (χ3n) is 4.29. The van der Waals surface area contributed by atoms with Crippen molar-refractivity contribution in [1.82, 2.24) is 19.4 Å². The molecule has 1 N–H and O–H groups in total. The van der Waals surface area contributed by atoms with E-state index in [1.54, 1.807) is 18.0 Å². The number of carbonyl (C=O) groups is 1. The van der Waals surface area contributed by atoms with Crippen LogP contribution in [0.5, 0.6) is 0 Å². The summed E-state index contributed by atoms with van der Waals surface area (Å²) in [6.07, 6.45) is 1.45. The van der Waals surface area contributed by atoms with Crippen LogP contribution in [0, 0.1) is 0 Å². The normalized spacial score (nSPS) is 12.9. The summed E-state index contributed by atoms with van der Waals surface area (Å²) in [5.41, 5.74) is 0.361. The topological polar surface area (TPSA) is 89.4 Å². The number of carbonyl (C=O) groups excluding carboxylic acids is 1. The second-order valence-corrected chi connectivity index (χ2v) is 8.94. The summed E-state index contributed by atoms with van der Waals surface area (Å²) in [6, 6.07) is 1.90. The highest BCUT2D eigenvalue weighted by atomic mass is 32.2. The number of fused-ring (bicyclic) bond motifs is 1. The summed E-state index contributed by atoms with van der Waals surface area (Å²) in [5, 5.41) is 0.496. The zero-order valence-corrected chi connectivity index (χ0v) is 19.1. The maximum atomic E-state index is 12.6. The predicted octanol–water partition coefficient (Wildman–Crippen LogP) is 3.84. The number of ether oxygens (including phenoxy) is 2. The standard InChI is InChI=1S/C20H32N4O4S/c1-12(2)24(13(3)4)20(26)28-15(7)29-19-22-18(25)17-16(8-9-21-17)23(19)10-11-27-14(5)6/h8-9,12-15,21H,10-11H2,1-7H3. The SMILES string of the molecule is CC(C)OCCn1c(SC(C)OC(=O)N(C(C)C)C(C)C)nc(=O)c2[nH]ccc21. The Kier molecular flexibility index (Phi) is 8.15. The number of hydrogen-bond acceptors (Lipinski definition) is 6. The molecule has 29 heavy (non-hydrogen) atoms. The van der Waals surface area contributed by atoms with Crippen LogP contribution in [0.4, 0.5) is 4.79 Å². The van der Waals surface area contributed by atoms with Gasteiger partial charge in [0.25, 0.3) is 5.56 Å². The zero-order chi connectivity index (χ0) is 21.7. The molecule has 1 amide bonds. The van der Waals surface area contributed by atoms with Crippen LogP contribution in [0.3, 0.4) is 0 Å². The molecule has 0 aliphatic carbocycles. The second-order valence-electron chi connectivity index (χ2n) is 7.67. The van der Waals surface area contributed by atoms with Gasteiger partial charge in [-0.2, -0.15) is 4.98 Å². The van der Waals surface area contributed by atoms with Gasteiger partial charge in [0.15, 0.2) is 10.6 Å². The average Bonchev–Trinajstić information content (AvgIpc) is 3.06. The van der Waals surface area contributed by atoms with Crippen LogP contribution in [0.1, 0.15) is 48.5 Å². The van der Waals surface area contributed by atoms with Gasteiger partial charge < -0.3 is 23.9 Å². The third kappa shape index (κ3) is 5.99. The maximum absolute atomic E-state index is 12.6. The molecule has 2 rings (SSSR count). The van der Waals surface area contributed by atoms with Crippen LogP contribution in [-0.2, 0) is 16.0 Å². The molecule has 2 heterocycles. The first-order valence-electron chi connectivity index (χ1n) is 9.97. The maximum Gasteiger partial charge on any atom is 0.411 e. The van der Waals surface area contributed by atoms with Crippen molar-refractivity contribution >= 4 is 28.9 Å². The summed E-state index contributed by atoms with van der Waals surface area (Å²) in [7, 11) is 0. The average molecular weight is 425 g/mol. The summed E-state index contributed by atoms with van der Waals surface area (Å²) in [4.78, 5) is 33.8. The van der Waals surface area contributed by atoms with Gasteiger partial charge in [0.05, 0.1) is 18.2 Å². The van der Waals surface area contributed by atoms with E-state index in [0.717, 1.165) is 5.52 Å². The monoisotopic (exact) mass is 424 g/mol. The van der Waals surface area contributed by atoms with Crippen molar-refractivity contribution in [3.63, 3.8) is 0 Å². The Morgan fingerprint density at radius 1 is 1.21 bits per heavy atom. The molecule has 0 radical (unpaired) electrons. The summed E-state index contributed by atoms with van der Waals surface area (Å²) < 4.78 is 13.2. The highest BCUT2D eigenvalue weighted by Gasteiger charge is 2.24. The number of hydrogen-bond donors (Lipinski definition) is 1. The van der Waals surface area contributed by atoms with Crippen LogP contribution in [0.15, 0.2) is 22.2 Å². The molecule has 0 bridgehead atoms. The summed E-state index contributed by atoms with van der Waals surface area (Å²) >= 11 is 1.24. The first-order chi connectivity index (χ1) is 13.6. The molecule has 2 aromatic rings. The molecule has 162 valence electrons. The van der Waals surface area contributed by atoms with Gasteiger partial charge in [-0.15, -0.1) is 0 Å². The minimum atomic E-state index is -0.511. The highest BCUT2D eigenvalue weighted by molar-refractivity contribution is 7.99. The molecule has 0 fully saturated rings. The number of nitrogens with one attached hydrogen (secondary N) is 1. The molecule has 9 heteroatoms. The Labute approximate surface area is 176 Å². The van der Waals surface area contributed by atoms with E-state index in [9.17, 15) is 9.59 Å². The number of rotatable bonds is 9. The smallest absolute Gasteiger partial charge is 0.411 e. The Morgan fingerprint density at radius 2 is 1.86 bits per heavy atom. The van der Waals surface area contributed by atoms with Crippen molar-refractivity contribution in [3.8, 4) is 0 Å². The Bertz CT molecular complexity index is 867. The van der Waals surface area contributed by atoms with Gasteiger partial charge in [-0.05, 0) is 66.3 Å². The van der Waals surface area contributed by atoms with Gasteiger partial charge in [-0.25, -0.2) is 4.79 Å². The molecule has 1 unspecified atom stereocenters. The molecule has 0 aliphatic rings. The fourth-order valence-corrected chi connectivity index (χ4v) is 4.02. The fraction of sp³-hybridized carbons (Fsp3) is 0.650. The molecule has 8 nitrogen and oxygen atoms in total. The molecule has 0 saturated carbocycles. The molecule has 0 aromatic carbocycles. The fourth-order valence-electron chi connectivity index (χ4n) is 3.14. The van der Waals surface area contributed by atoms with E-state index in [-0.39, 0.29) is 29.8 Å². The molecule has 1 atom stereocenters. The van der Waals surface area contributed by atoms with Crippen LogP contribution < -0.4 is 5.56 Å². The minimum absolute atomic E-state index is 0.0281. The van der Waals surface area contributed by atoms with E-state index in [2.05, 4.69) is 9.97 Å². The van der Waals surface area contributed by atoms with E-state index in [1.807, 2.05) is 52.2 Å². The van der Waals surface area contributed by atoms with E-state index in [4.69, 9.17) is 9.47 Å². The van der Waals surface area contributed by atoms with Crippen molar-refractivity contribution in [1.29, 1.82) is 0 Å². The van der Waals surface area contributed by atoms with E-state index in [0.29, 0.717) is 23.8 Å². The van der Waals surface area contributed by atoms with Crippen molar-refractivity contribution < 1.29 is 14.3 Å². The largest absolute Gasteiger partial charge is 0.435 e. The van der Waals surface area contributed by atoms with Crippen molar-refractivity contribution in [2.75, 3.05) is 6.61 Å². The Hall–Kier alpha value is -2.00. The second kappa shape index (κ2) is 10.2. The van der Waals surface area contributed by atoms with Crippen molar-refractivity contribution in [3.05, 3.63) is 22.6 Å². The molecule has 2 aromatic heterocycles. The van der Waals surface area contributed by atoms with Gasteiger partial charge in [0, 0.05) is 24.8 Å². The van der Waals surface area contributed by atoms with E-state index >= 15 is 0 Å². The number of nitrogens with zero attached hydrogens (tertiary/aromatic N) is 3. The van der Waals surface area contributed by atoms with Crippen LogP contribution in [-0.4, -0.2) is 55.8 Å². The summed E-state index contributed by atoms with van der Waals surface area (Å²) in [5.74, 6) is 0. The Balaban J connectivity index is 2.23. The number of aromatic amines is 1.